The van der Waals surface area contributed by atoms with E-state index in [1.54, 1.807) is 0 Å². The summed E-state index contributed by atoms with van der Waals surface area (Å²) in [5, 5.41) is 2.93. The number of carbonyl (C=O) groups is 1. The summed E-state index contributed by atoms with van der Waals surface area (Å²) in [7, 11) is -3.29. The molecule has 1 fully saturated rings. The Morgan fingerprint density at radius 2 is 2.00 bits per heavy atom. The van der Waals surface area contributed by atoms with E-state index in [9.17, 15) is 13.2 Å². The first kappa shape index (κ1) is 19.9. The van der Waals surface area contributed by atoms with Crippen molar-refractivity contribution in [3.05, 3.63) is 35.9 Å². The average Bonchev–Trinajstić information content (AvgIpc) is 2.63. The minimum absolute atomic E-state index is 0.00219. The minimum atomic E-state index is -3.29. The van der Waals surface area contributed by atoms with Crippen molar-refractivity contribution in [2.24, 2.45) is 5.92 Å². The highest BCUT2D eigenvalue weighted by molar-refractivity contribution is 7.89. The quantitative estimate of drug-likeness (QED) is 0.683. The lowest BCUT2D eigenvalue weighted by atomic mass is 9.99. The predicted octanol–water partition coefficient (Wildman–Crippen LogP) is 2.58. The fourth-order valence-electron chi connectivity index (χ4n) is 3.17. The van der Waals surface area contributed by atoms with Gasteiger partial charge in [-0.1, -0.05) is 43.7 Å². The van der Waals surface area contributed by atoms with Crippen molar-refractivity contribution in [2.45, 2.75) is 45.4 Å². The molecule has 0 saturated carbocycles. The van der Waals surface area contributed by atoms with Crippen molar-refractivity contribution in [1.82, 2.24) is 9.62 Å². The number of carbonyl (C=O) groups excluding carboxylic acids is 1. The van der Waals surface area contributed by atoms with Crippen LogP contribution in [0.15, 0.2) is 30.3 Å². The minimum Gasteiger partial charge on any atom is -0.356 e. The van der Waals surface area contributed by atoms with Crippen LogP contribution in [-0.4, -0.2) is 44.0 Å². The third-order valence-corrected chi connectivity index (χ3v) is 6.61. The zero-order valence-corrected chi connectivity index (χ0v) is 15.9. The Labute approximate surface area is 151 Å². The average molecular weight is 367 g/mol. The fourth-order valence-corrected chi connectivity index (χ4v) is 4.76. The second-order valence-electron chi connectivity index (χ2n) is 6.75. The number of unbranched alkanes of at least 4 members (excludes halogenated alkanes) is 1. The molecular formula is C19H30N2O3S. The number of benzene rings is 1. The Kier molecular flexibility index (Phi) is 7.90. The van der Waals surface area contributed by atoms with Gasteiger partial charge < -0.3 is 5.32 Å². The van der Waals surface area contributed by atoms with E-state index in [4.69, 9.17) is 0 Å². The van der Waals surface area contributed by atoms with Gasteiger partial charge in [-0.2, -0.15) is 0 Å². The highest BCUT2D eigenvalue weighted by atomic mass is 32.2. The van der Waals surface area contributed by atoms with Crippen LogP contribution in [0.25, 0.3) is 0 Å². The lowest BCUT2D eigenvalue weighted by Crippen LogP contribution is -2.46. The van der Waals surface area contributed by atoms with Crippen LogP contribution >= 0.6 is 0 Å². The van der Waals surface area contributed by atoms with Crippen LogP contribution in [0.5, 0.6) is 0 Å². The van der Waals surface area contributed by atoms with E-state index in [2.05, 4.69) is 12.2 Å². The van der Waals surface area contributed by atoms with Crippen LogP contribution in [0.3, 0.4) is 0 Å². The number of nitrogens with one attached hydrogen (secondary N) is 1. The van der Waals surface area contributed by atoms with Gasteiger partial charge >= 0.3 is 0 Å². The summed E-state index contributed by atoms with van der Waals surface area (Å²) in [4.78, 5) is 12.2. The SMILES string of the molecule is CCCCNC(=O)[C@H]1CCCN(S(=O)(=O)CCCc2ccccc2)C1. The molecule has 0 aliphatic carbocycles. The molecule has 5 nitrogen and oxygen atoms in total. The molecule has 1 aromatic carbocycles. The predicted molar refractivity (Wildman–Crippen MR) is 101 cm³/mol. The Morgan fingerprint density at radius 1 is 1.24 bits per heavy atom. The summed E-state index contributed by atoms with van der Waals surface area (Å²) in [6.07, 6.45) is 4.88. The fraction of sp³-hybridized carbons (Fsp3) is 0.632. The van der Waals surface area contributed by atoms with E-state index in [0.717, 1.165) is 37.7 Å². The lowest BCUT2D eigenvalue weighted by molar-refractivity contribution is -0.126. The molecule has 1 aromatic rings. The molecule has 1 atom stereocenters. The van der Waals surface area contributed by atoms with E-state index >= 15 is 0 Å². The van der Waals surface area contributed by atoms with Crippen LogP contribution in [0.1, 0.15) is 44.6 Å². The largest absolute Gasteiger partial charge is 0.356 e. The van der Waals surface area contributed by atoms with Gasteiger partial charge in [-0.15, -0.1) is 0 Å². The van der Waals surface area contributed by atoms with Crippen LogP contribution in [-0.2, 0) is 21.2 Å². The summed E-state index contributed by atoms with van der Waals surface area (Å²) < 4.78 is 26.7. The van der Waals surface area contributed by atoms with Gasteiger partial charge in [-0.05, 0) is 37.7 Å². The van der Waals surface area contributed by atoms with Gasteiger partial charge in [-0.3, -0.25) is 4.79 Å². The van der Waals surface area contributed by atoms with Crippen molar-refractivity contribution in [3.63, 3.8) is 0 Å². The third-order valence-electron chi connectivity index (χ3n) is 4.69. The molecular weight excluding hydrogens is 336 g/mol. The van der Waals surface area contributed by atoms with Crippen molar-refractivity contribution in [2.75, 3.05) is 25.4 Å². The van der Waals surface area contributed by atoms with Crippen molar-refractivity contribution in [1.29, 1.82) is 0 Å². The van der Waals surface area contributed by atoms with Gasteiger partial charge in [0.2, 0.25) is 15.9 Å². The molecule has 25 heavy (non-hydrogen) atoms. The summed E-state index contributed by atoms with van der Waals surface area (Å²) in [5.41, 5.74) is 1.16. The Balaban J connectivity index is 1.82. The molecule has 1 amide bonds. The summed E-state index contributed by atoms with van der Waals surface area (Å²) in [6.45, 7) is 3.62. The highest BCUT2D eigenvalue weighted by Crippen LogP contribution is 2.20. The summed E-state index contributed by atoms with van der Waals surface area (Å²) >= 11 is 0. The highest BCUT2D eigenvalue weighted by Gasteiger charge is 2.31. The second kappa shape index (κ2) is 9.92. The summed E-state index contributed by atoms with van der Waals surface area (Å²) in [6, 6.07) is 9.93. The normalized spacial score (nSPS) is 18.8. The lowest BCUT2D eigenvalue weighted by Gasteiger charge is -2.31. The zero-order valence-electron chi connectivity index (χ0n) is 15.1. The zero-order chi connectivity index (χ0) is 18.1. The maximum Gasteiger partial charge on any atom is 0.224 e. The number of rotatable bonds is 9. The van der Waals surface area contributed by atoms with E-state index in [0.29, 0.717) is 26.1 Å². The molecule has 140 valence electrons. The Bertz CT molecular complexity index is 631. The smallest absolute Gasteiger partial charge is 0.224 e. The van der Waals surface area contributed by atoms with Crippen LogP contribution in [0, 0.1) is 5.92 Å². The molecule has 1 heterocycles. The van der Waals surface area contributed by atoms with Gasteiger partial charge in [0.25, 0.3) is 0 Å². The molecule has 0 aromatic heterocycles. The standard InChI is InChI=1S/C19H30N2O3S/c1-2-3-13-20-19(22)18-12-7-14-21(16-18)25(23,24)15-8-11-17-9-5-4-6-10-17/h4-6,9-10,18H,2-3,7-8,11-16H2,1H3,(H,20,22)/t18-/m0/s1. The number of nitrogens with zero attached hydrogens (tertiary/aromatic N) is 1. The number of amides is 1. The topological polar surface area (TPSA) is 66.5 Å². The Hall–Kier alpha value is -1.40. The molecule has 0 radical (unpaired) electrons. The van der Waals surface area contributed by atoms with Crippen LogP contribution in [0.4, 0.5) is 0 Å². The molecule has 2 rings (SSSR count). The number of aryl methyl sites for hydroxylation is 1. The third kappa shape index (κ3) is 6.44. The maximum atomic E-state index is 12.6. The monoisotopic (exact) mass is 366 g/mol. The van der Waals surface area contributed by atoms with E-state index < -0.39 is 10.0 Å². The van der Waals surface area contributed by atoms with Crippen LogP contribution in [0.2, 0.25) is 0 Å². The number of hydrogen-bond acceptors (Lipinski definition) is 3. The van der Waals surface area contributed by atoms with Gasteiger partial charge in [0.15, 0.2) is 0 Å². The van der Waals surface area contributed by atoms with Gasteiger partial charge in [-0.25, -0.2) is 12.7 Å². The molecule has 1 aliphatic heterocycles. The number of sulfonamides is 1. The van der Waals surface area contributed by atoms with Gasteiger partial charge in [0.05, 0.1) is 11.7 Å². The van der Waals surface area contributed by atoms with Crippen molar-refractivity contribution < 1.29 is 13.2 Å². The van der Waals surface area contributed by atoms with Crippen molar-refractivity contribution >= 4 is 15.9 Å². The maximum absolute atomic E-state index is 12.6. The first-order valence-electron chi connectivity index (χ1n) is 9.32. The Morgan fingerprint density at radius 3 is 2.72 bits per heavy atom. The molecule has 0 bridgehead atoms. The second-order valence-corrected chi connectivity index (χ2v) is 8.84. The number of piperidine rings is 1. The van der Waals surface area contributed by atoms with Crippen molar-refractivity contribution in [3.8, 4) is 0 Å². The van der Waals surface area contributed by atoms with E-state index in [1.165, 1.54) is 4.31 Å². The molecule has 1 N–H and O–H groups in total. The van der Waals surface area contributed by atoms with Crippen LogP contribution < -0.4 is 5.32 Å². The molecule has 0 unspecified atom stereocenters. The first-order valence-corrected chi connectivity index (χ1v) is 10.9. The molecule has 1 saturated heterocycles. The van der Waals surface area contributed by atoms with E-state index in [-0.39, 0.29) is 17.6 Å². The summed E-state index contributed by atoms with van der Waals surface area (Å²) in [5.74, 6) is -0.0707. The van der Waals surface area contributed by atoms with Gasteiger partial charge in [0.1, 0.15) is 0 Å². The molecule has 6 heteroatoms. The van der Waals surface area contributed by atoms with E-state index in [1.807, 2.05) is 30.3 Å². The molecule has 0 spiro atoms. The first-order chi connectivity index (χ1) is 12.0. The number of hydrogen-bond donors (Lipinski definition) is 1. The van der Waals surface area contributed by atoms with Gasteiger partial charge in [0, 0.05) is 19.6 Å². The molecule has 1 aliphatic rings.